The highest BCUT2D eigenvalue weighted by Gasteiger charge is 2.28. The molecule has 1 aromatic heterocycles. The highest BCUT2D eigenvalue weighted by molar-refractivity contribution is 7.99. The number of H-pyrrole nitrogens is 1. The van der Waals surface area contributed by atoms with Crippen LogP contribution in [-0.2, 0) is 14.3 Å². The number of nitrogens with zero attached hydrogens (tertiary/aromatic N) is 1. The van der Waals surface area contributed by atoms with Crippen LogP contribution in [0.2, 0.25) is 0 Å². The third-order valence-corrected chi connectivity index (χ3v) is 7.36. The number of aromatic nitrogens is 1. The summed E-state index contributed by atoms with van der Waals surface area (Å²) in [6.07, 6.45) is 1.43. The van der Waals surface area contributed by atoms with Gasteiger partial charge in [0.05, 0.1) is 11.1 Å². The number of ether oxygens (including phenoxy) is 1. The van der Waals surface area contributed by atoms with Gasteiger partial charge >= 0.3 is 0 Å². The van der Waals surface area contributed by atoms with Crippen molar-refractivity contribution in [2.45, 2.75) is 33.3 Å². The summed E-state index contributed by atoms with van der Waals surface area (Å²) in [6.45, 7) is 7.57. The molecular formula is C26H31FN4O4S. The van der Waals surface area contributed by atoms with Gasteiger partial charge in [0, 0.05) is 60.4 Å². The zero-order chi connectivity index (χ0) is 25.8. The summed E-state index contributed by atoms with van der Waals surface area (Å²) >= 11 is 1.83. The lowest BCUT2D eigenvalue weighted by molar-refractivity contribution is -0.143. The topological polar surface area (TPSA) is 104 Å². The van der Waals surface area contributed by atoms with Gasteiger partial charge in [-0.15, -0.1) is 0 Å². The second-order valence-electron chi connectivity index (χ2n) is 8.79. The van der Waals surface area contributed by atoms with E-state index in [2.05, 4.69) is 15.6 Å². The van der Waals surface area contributed by atoms with Crippen molar-refractivity contribution in [2.75, 3.05) is 43.1 Å². The van der Waals surface area contributed by atoms with Gasteiger partial charge in [-0.05, 0) is 57.0 Å². The normalized spacial score (nSPS) is 17.2. The molecule has 1 fully saturated rings. The van der Waals surface area contributed by atoms with E-state index in [4.69, 9.17) is 4.74 Å². The number of aryl methyl sites for hydroxylation is 1. The van der Waals surface area contributed by atoms with Crippen LogP contribution in [0, 0.1) is 19.7 Å². The van der Waals surface area contributed by atoms with Crippen LogP contribution in [0.15, 0.2) is 18.2 Å². The fourth-order valence-corrected chi connectivity index (χ4v) is 5.48. The number of hydrogen-bond donors (Lipinski definition) is 3. The van der Waals surface area contributed by atoms with Crippen molar-refractivity contribution in [1.29, 1.82) is 0 Å². The molecule has 3 heterocycles. The second kappa shape index (κ2) is 11.3. The van der Waals surface area contributed by atoms with Crippen LogP contribution >= 0.6 is 11.8 Å². The minimum atomic E-state index is -0.589. The first kappa shape index (κ1) is 26.0. The van der Waals surface area contributed by atoms with Crippen LogP contribution in [-0.4, -0.2) is 71.5 Å². The summed E-state index contributed by atoms with van der Waals surface area (Å²) in [7, 11) is 0. The van der Waals surface area contributed by atoms with Gasteiger partial charge in [0.2, 0.25) is 0 Å². The van der Waals surface area contributed by atoms with Gasteiger partial charge in [-0.25, -0.2) is 4.39 Å². The van der Waals surface area contributed by atoms with E-state index in [1.54, 1.807) is 19.9 Å². The van der Waals surface area contributed by atoms with Crippen molar-refractivity contribution in [1.82, 2.24) is 15.2 Å². The SMILES string of the molecule is CCOC(CCNC(=O)c1c(C)[nH]c(/C=C2\C(=O)Nc3ccc(F)cc32)c1C)C(=O)N1CCSCC1. The molecular weight excluding hydrogens is 483 g/mol. The van der Waals surface area contributed by atoms with Gasteiger partial charge in [0.1, 0.15) is 11.9 Å². The van der Waals surface area contributed by atoms with Crippen molar-refractivity contribution in [3.8, 4) is 0 Å². The first-order valence-electron chi connectivity index (χ1n) is 12.1. The molecule has 3 amide bonds. The molecule has 0 saturated carbocycles. The van der Waals surface area contributed by atoms with E-state index >= 15 is 0 Å². The van der Waals surface area contributed by atoms with Crippen LogP contribution in [0.1, 0.15) is 46.2 Å². The molecule has 1 aromatic carbocycles. The number of rotatable bonds is 8. The molecule has 2 aromatic rings. The monoisotopic (exact) mass is 514 g/mol. The first-order chi connectivity index (χ1) is 17.3. The van der Waals surface area contributed by atoms with E-state index in [0.717, 1.165) is 11.5 Å². The molecule has 10 heteroatoms. The van der Waals surface area contributed by atoms with Crippen LogP contribution in [0.3, 0.4) is 0 Å². The smallest absolute Gasteiger partial charge is 0.256 e. The molecule has 3 N–H and O–H groups in total. The van der Waals surface area contributed by atoms with Crippen molar-refractivity contribution < 1.29 is 23.5 Å². The van der Waals surface area contributed by atoms with Crippen molar-refractivity contribution in [3.05, 3.63) is 52.1 Å². The lowest BCUT2D eigenvalue weighted by Gasteiger charge is -2.30. The number of amides is 3. The van der Waals surface area contributed by atoms with Gasteiger partial charge in [-0.2, -0.15) is 11.8 Å². The molecule has 2 aliphatic heterocycles. The summed E-state index contributed by atoms with van der Waals surface area (Å²) in [5.74, 6) is 0.791. The molecule has 8 nitrogen and oxygen atoms in total. The average molecular weight is 515 g/mol. The lowest BCUT2D eigenvalue weighted by atomic mass is 10.0. The summed E-state index contributed by atoms with van der Waals surface area (Å²) in [6, 6.07) is 4.14. The minimum absolute atomic E-state index is 0.0270. The van der Waals surface area contributed by atoms with E-state index in [1.807, 2.05) is 23.6 Å². The third kappa shape index (κ3) is 5.49. The zero-order valence-electron chi connectivity index (χ0n) is 20.7. The van der Waals surface area contributed by atoms with Crippen LogP contribution < -0.4 is 10.6 Å². The summed E-state index contributed by atoms with van der Waals surface area (Å²) in [5.41, 5.74) is 3.77. The first-order valence-corrected chi connectivity index (χ1v) is 13.2. The summed E-state index contributed by atoms with van der Waals surface area (Å²) in [5, 5.41) is 5.63. The Bertz CT molecular complexity index is 1200. The highest BCUT2D eigenvalue weighted by atomic mass is 32.2. The predicted molar refractivity (Wildman–Crippen MR) is 139 cm³/mol. The number of carbonyl (C=O) groups excluding carboxylic acids is 3. The number of halogens is 1. The lowest BCUT2D eigenvalue weighted by Crippen LogP contribution is -2.45. The number of nitrogens with one attached hydrogen (secondary N) is 3. The Morgan fingerprint density at radius 2 is 2.03 bits per heavy atom. The highest BCUT2D eigenvalue weighted by Crippen LogP contribution is 2.34. The van der Waals surface area contributed by atoms with Gasteiger partial charge in [0.15, 0.2) is 0 Å². The van der Waals surface area contributed by atoms with E-state index in [1.165, 1.54) is 18.2 Å². The number of anilines is 1. The maximum Gasteiger partial charge on any atom is 0.256 e. The van der Waals surface area contributed by atoms with Crippen LogP contribution in [0.5, 0.6) is 0 Å². The molecule has 1 unspecified atom stereocenters. The van der Waals surface area contributed by atoms with E-state index in [-0.39, 0.29) is 24.3 Å². The Labute approximate surface area is 214 Å². The molecule has 2 aliphatic rings. The quantitative estimate of drug-likeness (QED) is 0.469. The Hall–Kier alpha value is -3.11. The molecule has 0 spiro atoms. The predicted octanol–water partition coefficient (Wildman–Crippen LogP) is 3.36. The summed E-state index contributed by atoms with van der Waals surface area (Å²) in [4.78, 5) is 43.4. The Balaban J connectivity index is 1.44. The van der Waals surface area contributed by atoms with Gasteiger partial charge in [-0.1, -0.05) is 0 Å². The van der Waals surface area contributed by atoms with Crippen molar-refractivity contribution in [2.24, 2.45) is 0 Å². The van der Waals surface area contributed by atoms with Crippen molar-refractivity contribution in [3.63, 3.8) is 0 Å². The van der Waals surface area contributed by atoms with E-state index < -0.39 is 11.9 Å². The van der Waals surface area contributed by atoms with Crippen molar-refractivity contribution >= 4 is 46.8 Å². The van der Waals surface area contributed by atoms with Gasteiger partial charge in [0.25, 0.3) is 17.7 Å². The molecule has 192 valence electrons. The average Bonchev–Trinajstić information content (AvgIpc) is 3.32. The maximum atomic E-state index is 13.8. The van der Waals surface area contributed by atoms with Crippen LogP contribution in [0.25, 0.3) is 11.6 Å². The number of aromatic amines is 1. The maximum absolute atomic E-state index is 13.8. The standard InChI is InChI=1S/C26H31FN4O4S/c1-4-35-22(26(34)31-9-11-36-12-10-31)7-8-28-25(33)23-15(2)21(29-16(23)3)14-19-18-13-17(27)5-6-20(18)30-24(19)32/h5-6,13-14,22,29H,4,7-12H2,1-3H3,(H,28,33)(H,30,32)/b19-14-. The molecule has 0 aliphatic carbocycles. The Kier molecular flexibility index (Phi) is 8.15. The fourth-order valence-electron chi connectivity index (χ4n) is 4.58. The zero-order valence-corrected chi connectivity index (χ0v) is 21.5. The molecule has 36 heavy (non-hydrogen) atoms. The number of fused-ring (bicyclic) bond motifs is 1. The molecule has 1 saturated heterocycles. The van der Waals surface area contributed by atoms with Gasteiger partial charge in [-0.3, -0.25) is 14.4 Å². The molecule has 0 bridgehead atoms. The largest absolute Gasteiger partial charge is 0.369 e. The molecule has 1 atom stereocenters. The number of hydrogen-bond acceptors (Lipinski definition) is 5. The fraction of sp³-hybridized carbons (Fsp3) is 0.423. The number of benzene rings is 1. The van der Waals surface area contributed by atoms with Crippen LogP contribution in [0.4, 0.5) is 10.1 Å². The Morgan fingerprint density at radius 1 is 1.28 bits per heavy atom. The second-order valence-corrected chi connectivity index (χ2v) is 10.0. The number of carbonyl (C=O) groups is 3. The molecule has 0 radical (unpaired) electrons. The van der Waals surface area contributed by atoms with E-state index in [0.29, 0.717) is 65.5 Å². The Morgan fingerprint density at radius 3 is 2.75 bits per heavy atom. The number of thioether (sulfide) groups is 1. The third-order valence-electron chi connectivity index (χ3n) is 6.41. The minimum Gasteiger partial charge on any atom is -0.369 e. The molecule has 4 rings (SSSR count). The van der Waals surface area contributed by atoms with Gasteiger partial charge < -0.3 is 25.3 Å². The summed E-state index contributed by atoms with van der Waals surface area (Å²) < 4.78 is 19.5. The van der Waals surface area contributed by atoms with E-state index in [9.17, 15) is 18.8 Å².